The molecule has 1 aliphatic rings. The zero-order chi connectivity index (χ0) is 25.3. The van der Waals surface area contributed by atoms with E-state index in [2.05, 4.69) is 149 Å². The van der Waals surface area contributed by atoms with Gasteiger partial charge in [0.15, 0.2) is 0 Å². The minimum Gasteiger partial charge on any atom is -0.356 e. The van der Waals surface area contributed by atoms with E-state index < -0.39 is 0 Å². The second kappa shape index (κ2) is 9.57. The average Bonchev–Trinajstić information content (AvgIpc) is 3.33. The van der Waals surface area contributed by atoms with Gasteiger partial charge in [0.25, 0.3) is 0 Å². The molecule has 0 amide bonds. The number of rotatable bonds is 5. The summed E-state index contributed by atoms with van der Waals surface area (Å²) in [5, 5.41) is 6.16. The van der Waals surface area contributed by atoms with Gasteiger partial charge in [-0.05, 0) is 71.1 Å². The van der Waals surface area contributed by atoms with Crippen molar-refractivity contribution in [1.29, 1.82) is 0 Å². The topological polar surface area (TPSA) is 17.0 Å². The highest BCUT2D eigenvalue weighted by Crippen LogP contribution is 2.37. The van der Waals surface area contributed by atoms with E-state index in [4.69, 9.17) is 0 Å². The lowest BCUT2D eigenvalue weighted by atomic mass is 10.0. The molecule has 1 N–H and O–H groups in total. The van der Waals surface area contributed by atoms with E-state index in [0.29, 0.717) is 6.04 Å². The van der Waals surface area contributed by atoms with Gasteiger partial charge in [-0.1, -0.05) is 103 Å². The zero-order valence-electron chi connectivity index (χ0n) is 21.1. The SMILES string of the molecule is C1=CCC(n2c3ccccc3c3cc(-c4ccc(Nc5ccc(-c6ccccc6)cc5)cc4)ccc32)C=C1. The van der Waals surface area contributed by atoms with E-state index in [9.17, 15) is 0 Å². The first kappa shape index (κ1) is 22.4. The molecule has 5 aromatic carbocycles. The molecule has 38 heavy (non-hydrogen) atoms. The summed E-state index contributed by atoms with van der Waals surface area (Å²) in [5.41, 5.74) is 9.65. The molecule has 7 rings (SSSR count). The van der Waals surface area contributed by atoms with Crippen molar-refractivity contribution in [2.45, 2.75) is 12.5 Å². The van der Waals surface area contributed by atoms with Crippen molar-refractivity contribution < 1.29 is 0 Å². The van der Waals surface area contributed by atoms with Crippen LogP contribution in [-0.4, -0.2) is 4.57 Å². The van der Waals surface area contributed by atoms with Gasteiger partial charge in [0.2, 0.25) is 0 Å². The van der Waals surface area contributed by atoms with Gasteiger partial charge in [-0.2, -0.15) is 0 Å². The first-order valence-electron chi connectivity index (χ1n) is 13.2. The van der Waals surface area contributed by atoms with Crippen LogP contribution in [0.5, 0.6) is 0 Å². The van der Waals surface area contributed by atoms with Gasteiger partial charge >= 0.3 is 0 Å². The number of aromatic nitrogens is 1. The molecule has 1 aromatic heterocycles. The third kappa shape index (κ3) is 4.10. The largest absolute Gasteiger partial charge is 0.356 e. The molecule has 182 valence electrons. The highest BCUT2D eigenvalue weighted by Gasteiger charge is 2.17. The second-order valence-electron chi connectivity index (χ2n) is 9.88. The summed E-state index contributed by atoms with van der Waals surface area (Å²) in [6, 6.07) is 43.8. The molecular formula is C36H28N2. The van der Waals surface area contributed by atoms with Gasteiger partial charge < -0.3 is 9.88 Å². The zero-order valence-corrected chi connectivity index (χ0v) is 21.1. The number of anilines is 2. The number of fused-ring (bicyclic) bond motifs is 3. The van der Waals surface area contributed by atoms with Crippen LogP contribution in [0.15, 0.2) is 146 Å². The Bertz CT molecular complexity index is 1790. The maximum atomic E-state index is 3.54. The Morgan fingerprint density at radius 2 is 1.13 bits per heavy atom. The van der Waals surface area contributed by atoms with Gasteiger partial charge in [0.05, 0.1) is 6.04 Å². The molecule has 1 atom stereocenters. The number of benzene rings is 5. The normalized spacial score (nSPS) is 14.8. The summed E-state index contributed by atoms with van der Waals surface area (Å²) in [5.74, 6) is 0. The summed E-state index contributed by atoms with van der Waals surface area (Å²) >= 11 is 0. The van der Waals surface area contributed by atoms with Crippen molar-refractivity contribution in [2.24, 2.45) is 0 Å². The molecule has 0 saturated carbocycles. The van der Waals surface area contributed by atoms with E-state index in [-0.39, 0.29) is 0 Å². The Morgan fingerprint density at radius 3 is 1.84 bits per heavy atom. The lowest BCUT2D eigenvalue weighted by Crippen LogP contribution is -2.06. The van der Waals surface area contributed by atoms with E-state index in [1.807, 2.05) is 6.07 Å². The first-order valence-corrected chi connectivity index (χ1v) is 13.2. The predicted octanol–water partition coefficient (Wildman–Crippen LogP) is 9.93. The van der Waals surface area contributed by atoms with E-state index in [1.54, 1.807) is 0 Å². The molecule has 1 aliphatic carbocycles. The summed E-state index contributed by atoms with van der Waals surface area (Å²) in [6.45, 7) is 0. The van der Waals surface area contributed by atoms with Crippen molar-refractivity contribution in [1.82, 2.24) is 4.57 Å². The monoisotopic (exact) mass is 488 g/mol. The number of hydrogen-bond donors (Lipinski definition) is 1. The van der Waals surface area contributed by atoms with Crippen LogP contribution in [0.25, 0.3) is 44.1 Å². The molecule has 6 aromatic rings. The molecule has 0 saturated heterocycles. The molecule has 2 nitrogen and oxygen atoms in total. The van der Waals surface area contributed by atoms with Crippen molar-refractivity contribution in [3.05, 3.63) is 146 Å². The van der Waals surface area contributed by atoms with Crippen LogP contribution in [0, 0.1) is 0 Å². The average molecular weight is 489 g/mol. The smallest absolute Gasteiger partial charge is 0.0560 e. The van der Waals surface area contributed by atoms with Crippen LogP contribution in [0.3, 0.4) is 0 Å². The summed E-state index contributed by atoms with van der Waals surface area (Å²) in [6.07, 6.45) is 9.89. The Kier molecular flexibility index (Phi) is 5.64. The fraction of sp³-hybridized carbons (Fsp3) is 0.0556. The number of allylic oxidation sites excluding steroid dienone is 4. The van der Waals surface area contributed by atoms with Crippen molar-refractivity contribution in [3.8, 4) is 22.3 Å². The fourth-order valence-electron chi connectivity index (χ4n) is 5.59. The Hall–Kier alpha value is -4.82. The molecule has 0 bridgehead atoms. The molecular weight excluding hydrogens is 460 g/mol. The number of para-hydroxylation sites is 1. The molecule has 0 fully saturated rings. The lowest BCUT2D eigenvalue weighted by Gasteiger charge is -2.18. The molecule has 1 heterocycles. The quantitative estimate of drug-likeness (QED) is 0.255. The van der Waals surface area contributed by atoms with Crippen LogP contribution in [-0.2, 0) is 0 Å². The summed E-state index contributed by atoms with van der Waals surface area (Å²) in [7, 11) is 0. The third-order valence-electron chi connectivity index (χ3n) is 7.50. The second-order valence-corrected chi connectivity index (χ2v) is 9.88. The molecule has 0 spiro atoms. The Balaban J connectivity index is 1.17. The highest BCUT2D eigenvalue weighted by molar-refractivity contribution is 6.09. The number of hydrogen-bond acceptors (Lipinski definition) is 1. The lowest BCUT2D eigenvalue weighted by molar-refractivity contribution is 0.648. The standard InChI is InChI=1S/C36H28N2/c1-3-9-26(10-4-1)27-15-20-30(21-16-27)37-31-22-17-28(18-23-31)29-19-24-36-34(25-29)33-13-7-8-14-35(33)38(36)32-11-5-2-6-12-32/h1-11,13-25,32,37H,12H2. The van der Waals surface area contributed by atoms with Gasteiger partial charge in [-0.15, -0.1) is 0 Å². The Morgan fingerprint density at radius 1 is 0.526 bits per heavy atom. The van der Waals surface area contributed by atoms with Crippen LogP contribution in [0.4, 0.5) is 11.4 Å². The first-order chi connectivity index (χ1) is 18.8. The van der Waals surface area contributed by atoms with Crippen molar-refractivity contribution >= 4 is 33.2 Å². The van der Waals surface area contributed by atoms with Crippen LogP contribution in [0.1, 0.15) is 12.5 Å². The fourth-order valence-corrected chi connectivity index (χ4v) is 5.59. The third-order valence-corrected chi connectivity index (χ3v) is 7.50. The highest BCUT2D eigenvalue weighted by atomic mass is 15.0. The van der Waals surface area contributed by atoms with Gasteiger partial charge in [-0.3, -0.25) is 0 Å². The Labute approximate surface area is 223 Å². The van der Waals surface area contributed by atoms with Crippen LogP contribution < -0.4 is 5.32 Å². The summed E-state index contributed by atoms with van der Waals surface area (Å²) in [4.78, 5) is 0. The minimum absolute atomic E-state index is 0.348. The van der Waals surface area contributed by atoms with Gasteiger partial charge in [0.1, 0.15) is 0 Å². The predicted molar refractivity (Wildman–Crippen MR) is 162 cm³/mol. The van der Waals surface area contributed by atoms with Crippen molar-refractivity contribution in [2.75, 3.05) is 5.32 Å². The van der Waals surface area contributed by atoms with Crippen molar-refractivity contribution in [3.63, 3.8) is 0 Å². The van der Waals surface area contributed by atoms with Crippen LogP contribution in [0.2, 0.25) is 0 Å². The van der Waals surface area contributed by atoms with Gasteiger partial charge in [0, 0.05) is 33.2 Å². The van der Waals surface area contributed by atoms with Crippen LogP contribution >= 0.6 is 0 Å². The maximum Gasteiger partial charge on any atom is 0.0560 e. The van der Waals surface area contributed by atoms with Gasteiger partial charge in [-0.25, -0.2) is 0 Å². The van der Waals surface area contributed by atoms with E-state index in [0.717, 1.165) is 17.8 Å². The molecule has 0 aliphatic heterocycles. The number of nitrogens with one attached hydrogen (secondary N) is 1. The van der Waals surface area contributed by atoms with E-state index >= 15 is 0 Å². The van der Waals surface area contributed by atoms with E-state index in [1.165, 1.54) is 44.1 Å². The molecule has 1 unspecified atom stereocenters. The molecule has 0 radical (unpaired) electrons. The number of nitrogens with zero attached hydrogens (tertiary/aromatic N) is 1. The maximum absolute atomic E-state index is 3.54. The molecule has 2 heteroatoms. The minimum atomic E-state index is 0.348. The summed E-state index contributed by atoms with van der Waals surface area (Å²) < 4.78 is 2.49.